The van der Waals surface area contributed by atoms with Crippen LogP contribution in [0.5, 0.6) is 0 Å². The van der Waals surface area contributed by atoms with Gasteiger partial charge in [0.15, 0.2) is 0 Å². The highest BCUT2D eigenvalue weighted by molar-refractivity contribution is 5.48. The summed E-state index contributed by atoms with van der Waals surface area (Å²) in [5.41, 5.74) is 0. The van der Waals surface area contributed by atoms with E-state index >= 15 is 0 Å². The second-order valence-corrected chi connectivity index (χ2v) is 0.811. The van der Waals surface area contributed by atoms with E-state index in [1.807, 2.05) is 0 Å². The lowest BCUT2D eigenvalue weighted by molar-refractivity contribution is 0.502. The third-order valence-electron chi connectivity index (χ3n) is 0.345. The standard InChI is InChI=1S/C4H5FN/c5-3-1-2-4-6/h2H,1,3H2. The Hall–Kier alpha value is -0.620. The summed E-state index contributed by atoms with van der Waals surface area (Å²) < 4.78 is 11.0. The molecule has 0 unspecified atom stereocenters. The maximum absolute atomic E-state index is 11.0. The Bertz CT molecular complexity index is 63.9. The molecule has 0 aliphatic rings. The van der Waals surface area contributed by atoms with Gasteiger partial charge in [-0.1, -0.05) is 5.41 Å². The molecule has 0 rings (SSSR count). The van der Waals surface area contributed by atoms with Gasteiger partial charge in [0, 0.05) is 12.3 Å². The van der Waals surface area contributed by atoms with Crippen LogP contribution in [0, 0.1) is 0 Å². The molecule has 0 fully saturated rings. The molecule has 1 nitrogen and oxygen atoms in total. The lowest BCUT2D eigenvalue weighted by atomic mass is 10.5. The minimum absolute atomic E-state index is 0.260. The second-order valence-electron chi connectivity index (χ2n) is 0.811. The first-order chi connectivity index (χ1) is 2.91. The van der Waals surface area contributed by atoms with Gasteiger partial charge in [-0.05, 0) is 6.08 Å². The zero-order valence-corrected chi connectivity index (χ0v) is 3.32. The third-order valence-corrected chi connectivity index (χ3v) is 0.345. The smallest absolute Gasteiger partial charge is 0.0935 e. The zero-order chi connectivity index (χ0) is 4.83. The molecule has 0 saturated carbocycles. The predicted molar refractivity (Wildman–Crippen MR) is 22.3 cm³/mol. The quantitative estimate of drug-likeness (QED) is 0.433. The van der Waals surface area contributed by atoms with Crippen LogP contribution in [0.25, 0.3) is 0 Å². The van der Waals surface area contributed by atoms with Crippen molar-refractivity contribution in [3.05, 3.63) is 6.08 Å². The lowest BCUT2D eigenvalue weighted by Gasteiger charge is -1.69. The summed E-state index contributed by atoms with van der Waals surface area (Å²) in [5.74, 6) is 1.70. The molecule has 0 aromatic carbocycles. The summed E-state index contributed by atoms with van der Waals surface area (Å²) in [5, 5.41) is 7.73. The molecule has 0 aliphatic heterocycles. The first-order valence-electron chi connectivity index (χ1n) is 1.69. The largest absolute Gasteiger partial charge is 0.251 e. The Morgan fingerprint density at radius 1 is 1.83 bits per heavy atom. The van der Waals surface area contributed by atoms with Crippen molar-refractivity contribution in [2.24, 2.45) is 0 Å². The monoisotopic (exact) mass is 86.0 g/mol. The molecule has 0 spiro atoms. The van der Waals surface area contributed by atoms with Crippen molar-refractivity contribution in [2.75, 3.05) is 6.67 Å². The maximum atomic E-state index is 11.0. The van der Waals surface area contributed by atoms with Gasteiger partial charge in [-0.3, -0.25) is 4.39 Å². The number of rotatable bonds is 2. The summed E-state index contributed by atoms with van der Waals surface area (Å²) in [7, 11) is 0. The van der Waals surface area contributed by atoms with Crippen LogP contribution in [-0.4, -0.2) is 12.5 Å². The molecular weight excluding hydrogens is 81.0 g/mol. The fourth-order valence-electron chi connectivity index (χ4n) is 0.119. The van der Waals surface area contributed by atoms with Crippen molar-refractivity contribution in [1.82, 2.24) is 5.41 Å². The van der Waals surface area contributed by atoms with Gasteiger partial charge in [0.05, 0.1) is 6.67 Å². The molecule has 0 atom stereocenters. The second kappa shape index (κ2) is 4.38. The molecule has 0 amide bonds. The van der Waals surface area contributed by atoms with E-state index in [0.717, 1.165) is 0 Å². The van der Waals surface area contributed by atoms with Crippen molar-refractivity contribution in [1.29, 1.82) is 0 Å². The number of hydrogen-bond acceptors (Lipinski definition) is 0. The highest BCUT2D eigenvalue weighted by Gasteiger charge is 1.68. The number of nitrogens with zero attached hydrogens (tertiary/aromatic N) is 1. The van der Waals surface area contributed by atoms with Crippen molar-refractivity contribution in [2.45, 2.75) is 6.42 Å². The Labute approximate surface area is 36.0 Å². The minimum Gasteiger partial charge on any atom is -0.251 e. The van der Waals surface area contributed by atoms with Gasteiger partial charge < -0.3 is 0 Å². The first kappa shape index (κ1) is 5.38. The molecular formula is C4H5FN. The number of hydrogen-bond donors (Lipinski definition) is 0. The van der Waals surface area contributed by atoms with E-state index in [4.69, 9.17) is 5.41 Å². The van der Waals surface area contributed by atoms with Crippen molar-refractivity contribution in [3.63, 3.8) is 0 Å². The summed E-state index contributed by atoms with van der Waals surface area (Å²) in [6.07, 6.45) is 1.50. The van der Waals surface area contributed by atoms with Gasteiger partial charge in [-0.25, -0.2) is 0 Å². The first-order valence-corrected chi connectivity index (χ1v) is 1.69. The molecule has 2 heteroatoms. The van der Waals surface area contributed by atoms with Gasteiger partial charge in [-0.2, -0.15) is 0 Å². The van der Waals surface area contributed by atoms with Gasteiger partial charge >= 0.3 is 0 Å². The molecule has 0 aromatic heterocycles. The van der Waals surface area contributed by atoms with Crippen LogP contribution in [-0.2, 0) is 0 Å². The molecule has 0 saturated heterocycles. The van der Waals surface area contributed by atoms with Crippen molar-refractivity contribution >= 4 is 5.87 Å². The third kappa shape index (κ3) is 3.38. The number of halogens is 1. The highest BCUT2D eigenvalue weighted by Crippen LogP contribution is 1.75. The summed E-state index contributed by atoms with van der Waals surface area (Å²) in [6.45, 7) is -0.423. The fraction of sp³-hybridized carbons (Fsp3) is 0.500. The van der Waals surface area contributed by atoms with Crippen LogP contribution in [0.1, 0.15) is 6.42 Å². The molecule has 33 valence electrons. The van der Waals surface area contributed by atoms with Crippen LogP contribution in [0.3, 0.4) is 0 Å². The molecule has 0 aliphatic carbocycles. The maximum Gasteiger partial charge on any atom is 0.0935 e. The molecule has 6 heavy (non-hydrogen) atoms. The van der Waals surface area contributed by atoms with E-state index in [1.54, 1.807) is 5.87 Å². The van der Waals surface area contributed by atoms with Crippen LogP contribution < -0.4 is 5.41 Å². The average molecular weight is 86.1 g/mol. The van der Waals surface area contributed by atoms with Gasteiger partial charge in [0.1, 0.15) is 0 Å². The van der Waals surface area contributed by atoms with Crippen molar-refractivity contribution in [3.8, 4) is 0 Å². The van der Waals surface area contributed by atoms with E-state index in [2.05, 4.69) is 0 Å². The van der Waals surface area contributed by atoms with Crippen LogP contribution in [0.15, 0.2) is 6.08 Å². The van der Waals surface area contributed by atoms with E-state index in [1.165, 1.54) is 6.08 Å². The number of allylic oxidation sites excluding steroid dienone is 1. The van der Waals surface area contributed by atoms with E-state index in [0.29, 0.717) is 0 Å². The van der Waals surface area contributed by atoms with Crippen LogP contribution >= 0.6 is 0 Å². The van der Waals surface area contributed by atoms with E-state index in [9.17, 15) is 4.39 Å². The van der Waals surface area contributed by atoms with E-state index in [-0.39, 0.29) is 6.42 Å². The van der Waals surface area contributed by atoms with Gasteiger partial charge in [-0.15, -0.1) is 0 Å². The Balaban J connectivity index is 2.86. The highest BCUT2D eigenvalue weighted by atomic mass is 19.1. The fourth-order valence-corrected chi connectivity index (χ4v) is 0.119. The predicted octanol–water partition coefficient (Wildman–Crippen LogP) is 0.372. The van der Waals surface area contributed by atoms with Crippen molar-refractivity contribution < 1.29 is 4.39 Å². The Morgan fingerprint density at radius 2 is 2.50 bits per heavy atom. The average Bonchev–Trinajstić information content (AvgIpc) is 1.61. The Morgan fingerprint density at radius 3 is 2.67 bits per heavy atom. The van der Waals surface area contributed by atoms with E-state index < -0.39 is 6.67 Å². The van der Waals surface area contributed by atoms with Crippen LogP contribution in [0.4, 0.5) is 4.39 Å². The molecule has 0 aromatic rings. The Kier molecular flexibility index (Phi) is 3.93. The SMILES string of the molecule is [N]=C=CCCF. The normalized spacial score (nSPS) is 6.83. The summed E-state index contributed by atoms with van der Waals surface area (Å²) in [6, 6.07) is 0. The summed E-state index contributed by atoms with van der Waals surface area (Å²) >= 11 is 0. The van der Waals surface area contributed by atoms with Crippen LogP contribution in [0.2, 0.25) is 0 Å². The molecule has 0 heterocycles. The molecule has 1 radical (unpaired) electrons. The topological polar surface area (TPSA) is 22.3 Å². The minimum atomic E-state index is -0.423. The van der Waals surface area contributed by atoms with Gasteiger partial charge in [0.2, 0.25) is 0 Å². The lowest BCUT2D eigenvalue weighted by Crippen LogP contribution is -1.66. The number of alkyl halides is 1. The molecule has 0 N–H and O–H groups in total. The van der Waals surface area contributed by atoms with Gasteiger partial charge in [0.25, 0.3) is 0 Å². The molecule has 0 bridgehead atoms. The summed E-state index contributed by atoms with van der Waals surface area (Å²) in [4.78, 5) is 0. The zero-order valence-electron chi connectivity index (χ0n) is 3.32.